The van der Waals surface area contributed by atoms with Gasteiger partial charge < -0.3 is 20.4 Å². The van der Waals surface area contributed by atoms with Crippen molar-refractivity contribution in [1.29, 1.82) is 0 Å². The summed E-state index contributed by atoms with van der Waals surface area (Å²) in [5.74, 6) is 0.287. The molecule has 3 rings (SSSR count). The Morgan fingerprint density at radius 2 is 1.62 bits per heavy atom. The zero-order valence-corrected chi connectivity index (χ0v) is 17.2. The van der Waals surface area contributed by atoms with Crippen LogP contribution in [0.1, 0.15) is 24.0 Å². The quantitative estimate of drug-likeness (QED) is 0.686. The van der Waals surface area contributed by atoms with Crippen molar-refractivity contribution in [3.63, 3.8) is 0 Å². The Morgan fingerprint density at radius 3 is 2.24 bits per heavy atom. The van der Waals surface area contributed by atoms with E-state index in [4.69, 9.17) is 0 Å². The summed E-state index contributed by atoms with van der Waals surface area (Å²) in [4.78, 5) is 28.5. The van der Waals surface area contributed by atoms with E-state index >= 15 is 0 Å². The summed E-state index contributed by atoms with van der Waals surface area (Å²) in [6.45, 7) is 2.48. The van der Waals surface area contributed by atoms with E-state index in [0.29, 0.717) is 19.6 Å². The highest BCUT2D eigenvalue weighted by Gasteiger charge is 2.29. The van der Waals surface area contributed by atoms with Gasteiger partial charge in [-0.25, -0.2) is 4.79 Å². The third-order valence-electron chi connectivity index (χ3n) is 4.93. The first-order chi connectivity index (χ1) is 14.0. The van der Waals surface area contributed by atoms with Crippen LogP contribution in [0.15, 0.2) is 54.6 Å². The van der Waals surface area contributed by atoms with Crippen LogP contribution < -0.4 is 10.6 Å². The maximum Gasteiger partial charge on any atom is 0.318 e. The zero-order chi connectivity index (χ0) is 20.6. The molecule has 2 aromatic rings. The number of likely N-dealkylation sites (N-methyl/N-ethyl adjacent to an activating group) is 1. The van der Waals surface area contributed by atoms with E-state index in [0.717, 1.165) is 36.2 Å². The first-order valence-electron chi connectivity index (χ1n) is 10.1. The molecular weight excluding hydrogens is 364 g/mol. The first kappa shape index (κ1) is 20.9. The Kier molecular flexibility index (Phi) is 7.25. The molecule has 0 aliphatic heterocycles. The van der Waals surface area contributed by atoms with Gasteiger partial charge in [0.1, 0.15) is 0 Å². The summed E-state index contributed by atoms with van der Waals surface area (Å²) in [5, 5.41) is 5.94. The number of nitrogens with one attached hydrogen (secondary N) is 2. The van der Waals surface area contributed by atoms with Gasteiger partial charge in [-0.2, -0.15) is 0 Å². The number of carbonyl (C=O) groups excluding carboxylic acids is 2. The van der Waals surface area contributed by atoms with Crippen LogP contribution in [0.5, 0.6) is 0 Å². The van der Waals surface area contributed by atoms with Gasteiger partial charge in [-0.15, -0.1) is 0 Å². The van der Waals surface area contributed by atoms with Crippen molar-refractivity contribution in [2.75, 3.05) is 32.5 Å². The summed E-state index contributed by atoms with van der Waals surface area (Å²) < 4.78 is 0. The van der Waals surface area contributed by atoms with Crippen LogP contribution in [0.2, 0.25) is 0 Å². The van der Waals surface area contributed by atoms with Gasteiger partial charge in [0.15, 0.2) is 0 Å². The lowest BCUT2D eigenvalue weighted by Crippen LogP contribution is -2.42. The molecule has 6 heteroatoms. The first-order valence-corrected chi connectivity index (χ1v) is 10.1. The molecule has 1 saturated carbocycles. The largest absolute Gasteiger partial charge is 0.334 e. The summed E-state index contributed by atoms with van der Waals surface area (Å²) >= 11 is 0. The van der Waals surface area contributed by atoms with E-state index in [-0.39, 0.29) is 17.9 Å². The van der Waals surface area contributed by atoms with E-state index in [9.17, 15) is 9.59 Å². The third-order valence-corrected chi connectivity index (χ3v) is 4.93. The molecule has 0 saturated heterocycles. The molecule has 0 atom stereocenters. The molecule has 6 nitrogen and oxygen atoms in total. The fraction of sp³-hybridized carbons (Fsp3) is 0.391. The Labute approximate surface area is 172 Å². The van der Waals surface area contributed by atoms with Gasteiger partial charge in [0.05, 0.1) is 0 Å². The van der Waals surface area contributed by atoms with Gasteiger partial charge in [0.25, 0.3) is 0 Å². The number of urea groups is 1. The Balaban J connectivity index is 1.53. The van der Waals surface area contributed by atoms with E-state index < -0.39 is 0 Å². The summed E-state index contributed by atoms with van der Waals surface area (Å²) in [7, 11) is 4.00. The Bertz CT molecular complexity index is 801. The lowest BCUT2D eigenvalue weighted by molar-refractivity contribution is -0.117. The van der Waals surface area contributed by atoms with Gasteiger partial charge in [-0.05, 0) is 50.2 Å². The van der Waals surface area contributed by atoms with E-state index in [1.54, 1.807) is 0 Å². The maximum absolute atomic E-state index is 12.8. The van der Waals surface area contributed by atoms with Crippen LogP contribution in [0.4, 0.5) is 10.5 Å². The second-order valence-corrected chi connectivity index (χ2v) is 7.83. The molecule has 0 bridgehead atoms. The third kappa shape index (κ3) is 6.91. The van der Waals surface area contributed by atoms with Gasteiger partial charge in [0, 0.05) is 37.8 Å². The average Bonchev–Trinajstić information content (AvgIpc) is 3.56. The number of amides is 3. The number of carbonyl (C=O) groups is 2. The van der Waals surface area contributed by atoms with Crippen molar-refractivity contribution in [2.24, 2.45) is 5.92 Å². The molecule has 0 spiro atoms. The van der Waals surface area contributed by atoms with Gasteiger partial charge in [-0.3, -0.25) is 4.79 Å². The average molecular weight is 395 g/mol. The number of benzene rings is 2. The van der Waals surface area contributed by atoms with Crippen LogP contribution in [0, 0.1) is 5.92 Å². The number of hydrogen-bond donors (Lipinski definition) is 2. The van der Waals surface area contributed by atoms with Crippen LogP contribution in [0.3, 0.4) is 0 Å². The molecule has 0 unspecified atom stereocenters. The Morgan fingerprint density at radius 1 is 0.931 bits per heavy atom. The normalized spacial score (nSPS) is 13.2. The molecule has 0 heterocycles. The molecule has 2 N–H and O–H groups in total. The van der Waals surface area contributed by atoms with Crippen LogP contribution >= 0.6 is 0 Å². The van der Waals surface area contributed by atoms with Gasteiger partial charge in [0.2, 0.25) is 5.91 Å². The topological polar surface area (TPSA) is 64.7 Å². The fourth-order valence-electron chi connectivity index (χ4n) is 2.96. The maximum atomic E-state index is 12.8. The number of nitrogens with zero attached hydrogens (tertiary/aromatic N) is 2. The minimum Gasteiger partial charge on any atom is -0.334 e. The van der Waals surface area contributed by atoms with Crippen molar-refractivity contribution in [3.8, 4) is 0 Å². The molecule has 2 aromatic carbocycles. The van der Waals surface area contributed by atoms with Crippen molar-refractivity contribution in [3.05, 3.63) is 65.7 Å². The zero-order valence-electron chi connectivity index (χ0n) is 17.2. The lowest BCUT2D eigenvalue weighted by atomic mass is 10.2. The van der Waals surface area contributed by atoms with Gasteiger partial charge >= 0.3 is 6.03 Å². The van der Waals surface area contributed by atoms with Crippen molar-refractivity contribution in [1.82, 2.24) is 15.1 Å². The lowest BCUT2D eigenvalue weighted by Gasteiger charge is -2.25. The summed E-state index contributed by atoms with van der Waals surface area (Å²) in [6, 6.07) is 17.6. The molecular formula is C23H30N4O2. The highest BCUT2D eigenvalue weighted by atomic mass is 16.2. The highest BCUT2D eigenvalue weighted by molar-refractivity contribution is 5.94. The van der Waals surface area contributed by atoms with Crippen molar-refractivity contribution < 1.29 is 9.59 Å². The second-order valence-electron chi connectivity index (χ2n) is 7.83. The van der Waals surface area contributed by atoms with Crippen LogP contribution in [0.25, 0.3) is 0 Å². The fourth-order valence-corrected chi connectivity index (χ4v) is 2.96. The minimum absolute atomic E-state index is 0.0817. The SMILES string of the molecule is CN(C)CCN(Cc1ccccc1)C(=O)NCc1ccc(NC(=O)C2CC2)cc1. The van der Waals surface area contributed by atoms with E-state index in [1.165, 1.54) is 0 Å². The summed E-state index contributed by atoms with van der Waals surface area (Å²) in [5.41, 5.74) is 2.90. The van der Waals surface area contributed by atoms with Crippen LogP contribution in [-0.4, -0.2) is 48.9 Å². The Hall–Kier alpha value is -2.86. The van der Waals surface area contributed by atoms with Crippen molar-refractivity contribution >= 4 is 17.6 Å². The molecule has 1 aliphatic carbocycles. The van der Waals surface area contributed by atoms with Crippen LogP contribution in [-0.2, 0) is 17.9 Å². The summed E-state index contributed by atoms with van der Waals surface area (Å²) in [6.07, 6.45) is 1.98. The molecule has 0 aromatic heterocycles. The number of hydrogen-bond acceptors (Lipinski definition) is 3. The monoisotopic (exact) mass is 394 g/mol. The second kappa shape index (κ2) is 10.1. The molecule has 154 valence electrons. The molecule has 3 amide bonds. The molecule has 1 fully saturated rings. The van der Waals surface area contributed by atoms with E-state index in [2.05, 4.69) is 15.5 Å². The molecule has 0 radical (unpaired) electrons. The predicted octanol–water partition coefficient (Wildman–Crippen LogP) is 3.31. The number of rotatable bonds is 9. The smallest absolute Gasteiger partial charge is 0.318 e. The molecule has 29 heavy (non-hydrogen) atoms. The van der Waals surface area contributed by atoms with Crippen molar-refractivity contribution in [2.45, 2.75) is 25.9 Å². The number of anilines is 1. The van der Waals surface area contributed by atoms with Gasteiger partial charge in [-0.1, -0.05) is 42.5 Å². The molecule has 1 aliphatic rings. The van der Waals surface area contributed by atoms with E-state index in [1.807, 2.05) is 73.6 Å². The highest BCUT2D eigenvalue weighted by Crippen LogP contribution is 2.30. The standard InChI is InChI=1S/C23H30N4O2/c1-26(2)14-15-27(17-19-6-4-3-5-7-19)23(29)24-16-18-8-12-21(13-9-18)25-22(28)20-10-11-20/h3-9,12-13,20H,10-11,14-17H2,1-2H3,(H,24,29)(H,25,28). The minimum atomic E-state index is -0.0817. The predicted molar refractivity (Wildman–Crippen MR) is 115 cm³/mol.